The van der Waals surface area contributed by atoms with Crippen LogP contribution in [0.1, 0.15) is 5.56 Å². The maximum atomic E-state index is 3.52. The molecule has 0 saturated heterocycles. The van der Waals surface area contributed by atoms with Gasteiger partial charge in [0.1, 0.15) is 0 Å². The smallest absolute Gasteiger partial charge is 0.0336 e. The molecule has 4 bridgehead atoms. The molecule has 0 N–H and O–H groups in total. The van der Waals surface area contributed by atoms with Gasteiger partial charge in [-0.1, -0.05) is 72.8 Å². The van der Waals surface area contributed by atoms with Crippen LogP contribution >= 0.6 is 0 Å². The summed E-state index contributed by atoms with van der Waals surface area (Å²) in [5, 5.41) is 13.4. The number of hydrogen-bond acceptors (Lipinski definition) is 0. The van der Waals surface area contributed by atoms with Crippen LogP contribution in [0.2, 0.25) is 0 Å². The molecule has 0 spiro atoms. The van der Waals surface area contributed by atoms with Gasteiger partial charge in [-0.25, -0.2) is 0 Å². The van der Waals surface area contributed by atoms with Crippen LogP contribution in [0.15, 0.2) is 91.0 Å². The van der Waals surface area contributed by atoms with Crippen LogP contribution in [0.25, 0.3) is 64.6 Å². The molecule has 0 nitrogen and oxygen atoms in total. The van der Waals surface area contributed by atoms with E-state index in [1.165, 1.54) is 37.9 Å². The topological polar surface area (TPSA) is 0 Å². The van der Waals surface area contributed by atoms with E-state index in [-0.39, 0.29) is 0 Å². The third-order valence-corrected chi connectivity index (χ3v) is 6.92. The van der Waals surface area contributed by atoms with Crippen molar-refractivity contribution in [3.05, 3.63) is 133 Å². The van der Waals surface area contributed by atoms with Gasteiger partial charge >= 0.3 is 0 Å². The van der Waals surface area contributed by atoms with Crippen LogP contribution in [-0.2, 0) is 0 Å². The lowest BCUT2D eigenvalue weighted by molar-refractivity contribution is 1.61. The molecular formula is C35H18. The molecule has 0 saturated carbocycles. The average molecular weight is 439 g/mol. The van der Waals surface area contributed by atoms with Gasteiger partial charge in [0.15, 0.2) is 0 Å². The summed E-state index contributed by atoms with van der Waals surface area (Å²) in [4.78, 5) is 0. The van der Waals surface area contributed by atoms with Crippen LogP contribution in [0.3, 0.4) is 0 Å². The zero-order valence-corrected chi connectivity index (χ0v) is 19.2. The summed E-state index contributed by atoms with van der Waals surface area (Å²) >= 11 is 0. The fraction of sp³-hybridized carbons (Fsp3) is 0.0286. The number of benzene rings is 6. The van der Waals surface area contributed by atoms with E-state index >= 15 is 0 Å². The number of rotatable bonds is 0. The minimum Gasteiger partial charge on any atom is -0.0610 e. The monoisotopic (exact) mass is 438 g/mol. The van der Waals surface area contributed by atoms with Gasteiger partial charge in [-0.3, -0.25) is 0 Å². The SMILES string of the molecule is Cc1c2c3c#cc#cc4cccc5cc6cccc(c#cc7cccc(cc2ccc3)c17)c6cc45. The van der Waals surface area contributed by atoms with Gasteiger partial charge in [-0.05, 0) is 99.4 Å². The Kier molecular flexibility index (Phi) is 4.20. The molecule has 35 heavy (non-hydrogen) atoms. The van der Waals surface area contributed by atoms with Crippen molar-refractivity contribution in [1.82, 2.24) is 0 Å². The van der Waals surface area contributed by atoms with Gasteiger partial charge < -0.3 is 0 Å². The molecular weight excluding hydrogens is 420 g/mol. The van der Waals surface area contributed by atoms with Crippen molar-refractivity contribution in [3.63, 3.8) is 0 Å². The second-order valence-electron chi connectivity index (χ2n) is 8.96. The van der Waals surface area contributed by atoms with Crippen LogP contribution in [0.4, 0.5) is 0 Å². The highest BCUT2D eigenvalue weighted by Gasteiger charge is 2.07. The minimum absolute atomic E-state index is 0.981. The molecule has 0 aliphatic heterocycles. The van der Waals surface area contributed by atoms with Crippen LogP contribution in [0.5, 0.6) is 0 Å². The van der Waals surface area contributed by atoms with E-state index in [1.807, 2.05) is 0 Å². The van der Waals surface area contributed by atoms with E-state index in [0.717, 1.165) is 32.3 Å². The summed E-state index contributed by atoms with van der Waals surface area (Å²) in [6.07, 6.45) is 0. The van der Waals surface area contributed by atoms with Crippen LogP contribution in [0, 0.1) is 43.3 Å². The number of hydrogen-bond donors (Lipinski definition) is 0. The standard InChI is InChI=1S/C35H18/c1-23-34-26-9-3-2-8-24-10-4-14-28-20-29-15-5-11-25(33(29)22-32(24)28)18-19-27-13-7-17-31(35(23)27)21-30(34)16-6-12-26/h4-7,10-17,20-22H,1H3. The molecule has 0 heteroatoms. The Labute approximate surface area is 204 Å². The predicted octanol–water partition coefficient (Wildman–Crippen LogP) is 8.84. The Bertz CT molecular complexity index is 2010. The molecule has 0 amide bonds. The fourth-order valence-corrected chi connectivity index (χ4v) is 5.32. The largest absolute Gasteiger partial charge is 0.0610 e. The van der Waals surface area contributed by atoms with Gasteiger partial charge in [0.25, 0.3) is 0 Å². The maximum Gasteiger partial charge on any atom is 0.0336 e. The van der Waals surface area contributed by atoms with E-state index in [9.17, 15) is 0 Å². The molecule has 0 fully saturated rings. The Morgan fingerprint density at radius 3 is 1.49 bits per heavy atom. The first-order chi connectivity index (χ1) is 17.3. The fourth-order valence-electron chi connectivity index (χ4n) is 5.32. The van der Waals surface area contributed by atoms with Crippen molar-refractivity contribution in [3.8, 4) is 0 Å². The number of aryl methyl sites for hydroxylation is 1. The van der Waals surface area contributed by atoms with Crippen molar-refractivity contribution in [1.29, 1.82) is 0 Å². The normalized spacial score (nSPS) is 10.9. The highest BCUT2D eigenvalue weighted by atomic mass is 14.1. The highest BCUT2D eigenvalue weighted by molar-refractivity contribution is 6.14. The Morgan fingerprint density at radius 2 is 0.857 bits per heavy atom. The molecule has 7 rings (SSSR count). The lowest BCUT2D eigenvalue weighted by Gasteiger charge is -2.09. The molecule has 0 aliphatic rings. The van der Waals surface area contributed by atoms with Crippen molar-refractivity contribution in [2.24, 2.45) is 0 Å². The van der Waals surface area contributed by atoms with E-state index < -0.39 is 0 Å². The summed E-state index contributed by atoms with van der Waals surface area (Å²) in [6, 6.07) is 51.9. The van der Waals surface area contributed by atoms with Gasteiger partial charge in [-0.15, -0.1) is 0 Å². The minimum atomic E-state index is 0.981. The second-order valence-corrected chi connectivity index (χ2v) is 8.96. The lowest BCUT2D eigenvalue weighted by Crippen LogP contribution is -1.84. The summed E-state index contributed by atoms with van der Waals surface area (Å²) in [7, 11) is 0. The molecule has 158 valence electrons. The Hall–Kier alpha value is -4.96. The van der Waals surface area contributed by atoms with Gasteiger partial charge in [0.2, 0.25) is 0 Å². The lowest BCUT2D eigenvalue weighted by atomic mass is 9.94. The molecule has 0 atom stereocenters. The Balaban J connectivity index is 1.73. The zero-order valence-electron chi connectivity index (χ0n) is 19.2. The van der Waals surface area contributed by atoms with E-state index in [4.69, 9.17) is 0 Å². The summed E-state index contributed by atoms with van der Waals surface area (Å²) in [6.45, 7) is 2.18. The summed E-state index contributed by atoms with van der Waals surface area (Å²) in [5.41, 5.74) is 1.21. The molecule has 7 aromatic carbocycles. The summed E-state index contributed by atoms with van der Waals surface area (Å²) < 4.78 is 0. The third kappa shape index (κ3) is 3.08. The zero-order chi connectivity index (χ0) is 23.4. The van der Waals surface area contributed by atoms with Crippen molar-refractivity contribution >= 4 is 64.6 Å². The van der Waals surface area contributed by atoms with Crippen molar-refractivity contribution < 1.29 is 0 Å². The van der Waals surface area contributed by atoms with Crippen LogP contribution in [-0.4, -0.2) is 0 Å². The first-order valence-corrected chi connectivity index (χ1v) is 11.7. The predicted molar refractivity (Wildman–Crippen MR) is 147 cm³/mol. The first-order valence-electron chi connectivity index (χ1n) is 11.7. The molecule has 0 radical (unpaired) electrons. The van der Waals surface area contributed by atoms with E-state index in [2.05, 4.69) is 134 Å². The molecule has 0 unspecified atom stereocenters. The van der Waals surface area contributed by atoms with E-state index in [1.54, 1.807) is 0 Å². The maximum absolute atomic E-state index is 3.52. The Morgan fingerprint density at radius 1 is 0.429 bits per heavy atom. The molecule has 0 aromatic heterocycles. The average Bonchev–Trinajstić information content (AvgIpc) is 2.88. The van der Waals surface area contributed by atoms with Crippen molar-refractivity contribution in [2.45, 2.75) is 6.92 Å². The molecule has 7 aromatic rings. The quantitative estimate of drug-likeness (QED) is 0.207. The van der Waals surface area contributed by atoms with Gasteiger partial charge in [-0.2, -0.15) is 0 Å². The third-order valence-electron chi connectivity index (χ3n) is 6.92. The van der Waals surface area contributed by atoms with Gasteiger partial charge in [0, 0.05) is 32.3 Å². The first kappa shape index (κ1) is 19.5. The summed E-state index contributed by atoms with van der Waals surface area (Å²) in [5.74, 6) is 0. The highest BCUT2D eigenvalue weighted by Crippen LogP contribution is 2.32. The van der Waals surface area contributed by atoms with E-state index in [0.29, 0.717) is 0 Å². The molecule has 0 aliphatic carbocycles. The van der Waals surface area contributed by atoms with Crippen LogP contribution < -0.4 is 0 Å². The van der Waals surface area contributed by atoms with Gasteiger partial charge in [0.05, 0.1) is 0 Å². The van der Waals surface area contributed by atoms with Crippen molar-refractivity contribution in [2.75, 3.05) is 0 Å². The molecule has 0 heterocycles. The second kappa shape index (κ2) is 7.54.